The first kappa shape index (κ1) is 16.8. The van der Waals surface area contributed by atoms with Gasteiger partial charge in [0.2, 0.25) is 0 Å². The van der Waals surface area contributed by atoms with E-state index in [1.807, 2.05) is 6.07 Å². The molecule has 0 saturated carbocycles. The normalized spacial score (nSPS) is 9.48. The molecule has 2 rings (SSSR count). The van der Waals surface area contributed by atoms with E-state index in [4.69, 9.17) is 10.5 Å². The van der Waals surface area contributed by atoms with Crippen molar-refractivity contribution in [3.05, 3.63) is 57.2 Å². The molecule has 23 heavy (non-hydrogen) atoms. The molecule has 0 aliphatic heterocycles. The molecule has 0 bridgehead atoms. The maximum absolute atomic E-state index is 12.0. The Kier molecular flexibility index (Phi) is 5.60. The molecule has 0 saturated heterocycles. The number of carbonyl (C=O) groups excluding carboxylic acids is 2. The van der Waals surface area contributed by atoms with Crippen molar-refractivity contribution in [3.63, 3.8) is 0 Å². The quantitative estimate of drug-likeness (QED) is 0.591. The highest BCUT2D eigenvalue weighted by atomic mass is 127. The first-order chi connectivity index (χ1) is 11.0. The van der Waals surface area contributed by atoms with Crippen LogP contribution in [0.5, 0.6) is 5.75 Å². The van der Waals surface area contributed by atoms with E-state index < -0.39 is 11.8 Å². The van der Waals surface area contributed by atoms with Gasteiger partial charge >= 0.3 is 5.91 Å². The van der Waals surface area contributed by atoms with Crippen LogP contribution < -0.4 is 15.8 Å². The van der Waals surface area contributed by atoms with Gasteiger partial charge in [-0.25, -0.2) is 0 Å². The molecule has 0 aliphatic carbocycles. The van der Waals surface area contributed by atoms with Crippen molar-refractivity contribution in [2.24, 2.45) is 5.73 Å². The van der Waals surface area contributed by atoms with Crippen LogP contribution in [-0.4, -0.2) is 18.9 Å². The van der Waals surface area contributed by atoms with E-state index in [1.165, 1.54) is 7.11 Å². The zero-order valence-electron chi connectivity index (χ0n) is 12.2. The summed E-state index contributed by atoms with van der Waals surface area (Å²) in [6.45, 7) is 0. The van der Waals surface area contributed by atoms with Gasteiger partial charge in [0.15, 0.2) is 0 Å². The molecule has 0 atom stereocenters. The first-order valence-electron chi connectivity index (χ1n) is 6.56. The van der Waals surface area contributed by atoms with Crippen LogP contribution in [-0.2, 0) is 4.79 Å². The number of benzene rings is 2. The van der Waals surface area contributed by atoms with E-state index in [1.54, 1.807) is 36.4 Å². The van der Waals surface area contributed by atoms with Gasteiger partial charge in [-0.2, -0.15) is 0 Å². The van der Waals surface area contributed by atoms with E-state index in [9.17, 15) is 9.59 Å². The van der Waals surface area contributed by atoms with Crippen molar-refractivity contribution in [2.75, 3.05) is 12.4 Å². The minimum atomic E-state index is -0.614. The van der Waals surface area contributed by atoms with E-state index in [-0.39, 0.29) is 5.56 Å². The van der Waals surface area contributed by atoms with Gasteiger partial charge in [0.1, 0.15) is 5.75 Å². The number of primary amides is 1. The Morgan fingerprint density at radius 2 is 1.96 bits per heavy atom. The highest BCUT2D eigenvalue weighted by Crippen LogP contribution is 2.18. The second kappa shape index (κ2) is 7.65. The van der Waals surface area contributed by atoms with Crippen molar-refractivity contribution < 1.29 is 14.3 Å². The summed E-state index contributed by atoms with van der Waals surface area (Å²) in [5, 5.41) is 2.57. The minimum Gasteiger partial charge on any atom is -0.495 e. The maximum atomic E-state index is 12.0. The van der Waals surface area contributed by atoms with Crippen molar-refractivity contribution in [1.82, 2.24) is 0 Å². The monoisotopic (exact) mass is 420 g/mol. The first-order valence-corrected chi connectivity index (χ1v) is 7.64. The largest absolute Gasteiger partial charge is 0.495 e. The zero-order chi connectivity index (χ0) is 16.8. The number of ether oxygens (including phenoxy) is 1. The Bertz CT molecular complexity index is 822. The Labute approximate surface area is 147 Å². The van der Waals surface area contributed by atoms with Crippen molar-refractivity contribution >= 4 is 40.1 Å². The summed E-state index contributed by atoms with van der Waals surface area (Å²) >= 11 is 2.06. The minimum absolute atomic E-state index is 0.240. The molecule has 0 unspecified atom stereocenters. The zero-order valence-corrected chi connectivity index (χ0v) is 14.4. The third-order valence-electron chi connectivity index (χ3n) is 2.91. The van der Waals surface area contributed by atoms with E-state index in [2.05, 4.69) is 39.7 Å². The van der Waals surface area contributed by atoms with Crippen molar-refractivity contribution in [1.29, 1.82) is 0 Å². The number of para-hydroxylation sites is 1. The fourth-order valence-corrected chi connectivity index (χ4v) is 2.35. The molecule has 116 valence electrons. The number of rotatable bonds is 3. The summed E-state index contributed by atoms with van der Waals surface area (Å²) in [5.41, 5.74) is 6.49. The molecule has 0 heterocycles. The lowest BCUT2D eigenvalue weighted by Crippen LogP contribution is -2.17. The summed E-state index contributed by atoms with van der Waals surface area (Å²) in [7, 11) is 1.53. The number of amides is 2. The van der Waals surface area contributed by atoms with Gasteiger partial charge in [0, 0.05) is 9.49 Å². The topological polar surface area (TPSA) is 81.4 Å². The number of carbonyl (C=O) groups is 2. The number of anilines is 1. The standard InChI is InChI=1S/C17H13IN2O3/c1-23-15-5-3-2-4-11(15)6-9-16(21)20-14-8-7-12(18)10-13(14)17(19)22/h2-5,7-8,10H,1H3,(H2,19,22)(H,20,21). The van der Waals surface area contributed by atoms with Gasteiger partial charge < -0.3 is 15.8 Å². The van der Waals surface area contributed by atoms with E-state index >= 15 is 0 Å². The van der Waals surface area contributed by atoms with Crippen LogP contribution in [0, 0.1) is 15.4 Å². The Morgan fingerprint density at radius 1 is 1.22 bits per heavy atom. The third kappa shape index (κ3) is 4.47. The second-order valence-electron chi connectivity index (χ2n) is 4.46. The molecular weight excluding hydrogens is 407 g/mol. The summed E-state index contributed by atoms with van der Waals surface area (Å²) < 4.78 is 6.01. The average molecular weight is 420 g/mol. The van der Waals surface area contributed by atoms with Crippen LogP contribution in [0.4, 0.5) is 5.69 Å². The number of hydrogen-bond donors (Lipinski definition) is 2. The second-order valence-corrected chi connectivity index (χ2v) is 5.70. The van der Waals surface area contributed by atoms with Crippen LogP contribution >= 0.6 is 22.6 Å². The highest BCUT2D eigenvalue weighted by molar-refractivity contribution is 14.1. The predicted molar refractivity (Wildman–Crippen MR) is 96.2 cm³/mol. The molecule has 3 N–H and O–H groups in total. The van der Waals surface area contributed by atoms with Gasteiger partial charge in [-0.3, -0.25) is 9.59 Å². The van der Waals surface area contributed by atoms with Gasteiger partial charge in [-0.05, 0) is 52.9 Å². The third-order valence-corrected chi connectivity index (χ3v) is 3.58. The summed E-state index contributed by atoms with van der Waals surface area (Å²) in [5.74, 6) is 4.64. The van der Waals surface area contributed by atoms with Crippen LogP contribution in [0.1, 0.15) is 15.9 Å². The van der Waals surface area contributed by atoms with Gasteiger partial charge in [0.25, 0.3) is 5.91 Å². The van der Waals surface area contributed by atoms with Gasteiger partial charge in [-0.15, -0.1) is 0 Å². The Morgan fingerprint density at radius 3 is 2.65 bits per heavy atom. The fourth-order valence-electron chi connectivity index (χ4n) is 1.85. The molecule has 0 fully saturated rings. The molecule has 5 nitrogen and oxygen atoms in total. The average Bonchev–Trinajstić information content (AvgIpc) is 2.54. The molecule has 0 spiro atoms. The highest BCUT2D eigenvalue weighted by Gasteiger charge is 2.10. The van der Waals surface area contributed by atoms with Crippen LogP contribution in [0.2, 0.25) is 0 Å². The number of nitrogens with one attached hydrogen (secondary N) is 1. The lowest BCUT2D eigenvalue weighted by molar-refractivity contribution is -0.111. The van der Waals surface area contributed by atoms with Crippen LogP contribution in [0.3, 0.4) is 0 Å². The summed E-state index contributed by atoms with van der Waals surface area (Å²) in [6, 6.07) is 12.1. The smallest absolute Gasteiger partial charge is 0.300 e. The fraction of sp³-hybridized carbons (Fsp3) is 0.0588. The van der Waals surface area contributed by atoms with E-state index in [0.717, 1.165) is 3.57 Å². The Hall–Kier alpha value is -2.53. The molecule has 2 aromatic carbocycles. The summed E-state index contributed by atoms with van der Waals surface area (Å²) in [4.78, 5) is 23.4. The molecule has 0 aromatic heterocycles. The number of nitrogens with two attached hydrogens (primary N) is 1. The lowest BCUT2D eigenvalue weighted by atomic mass is 10.1. The number of hydrogen-bond acceptors (Lipinski definition) is 3. The maximum Gasteiger partial charge on any atom is 0.300 e. The molecule has 0 radical (unpaired) electrons. The summed E-state index contributed by atoms with van der Waals surface area (Å²) in [6.07, 6.45) is 0. The molecule has 6 heteroatoms. The predicted octanol–water partition coefficient (Wildman–Crippen LogP) is 2.39. The van der Waals surface area contributed by atoms with Crippen molar-refractivity contribution in [2.45, 2.75) is 0 Å². The molecule has 2 amide bonds. The molecular formula is C17H13IN2O3. The van der Waals surface area contributed by atoms with Crippen LogP contribution in [0.15, 0.2) is 42.5 Å². The van der Waals surface area contributed by atoms with Gasteiger partial charge in [0.05, 0.1) is 23.9 Å². The Balaban J connectivity index is 2.21. The SMILES string of the molecule is COc1ccccc1C#CC(=O)Nc1ccc(I)cc1C(N)=O. The molecule has 2 aromatic rings. The van der Waals surface area contributed by atoms with Crippen molar-refractivity contribution in [3.8, 4) is 17.6 Å². The van der Waals surface area contributed by atoms with Crippen LogP contribution in [0.25, 0.3) is 0 Å². The number of halogens is 1. The van der Waals surface area contributed by atoms with E-state index in [0.29, 0.717) is 17.0 Å². The molecule has 0 aliphatic rings. The van der Waals surface area contributed by atoms with Gasteiger partial charge in [-0.1, -0.05) is 18.1 Å². The number of methoxy groups -OCH3 is 1. The lowest BCUT2D eigenvalue weighted by Gasteiger charge is -2.07.